The zero-order valence-corrected chi connectivity index (χ0v) is 10.8. The third-order valence-electron chi connectivity index (χ3n) is 2.05. The Morgan fingerprint density at radius 2 is 2.00 bits per heavy atom. The van der Waals surface area contributed by atoms with E-state index >= 15 is 0 Å². The molecule has 1 rings (SSSR count). The van der Waals surface area contributed by atoms with Gasteiger partial charge in [-0.1, -0.05) is 0 Å². The second kappa shape index (κ2) is 5.16. The Bertz CT molecular complexity index is 595. The lowest BCUT2D eigenvalue weighted by atomic mass is 10.2. The highest BCUT2D eigenvalue weighted by Crippen LogP contribution is 2.31. The van der Waals surface area contributed by atoms with Crippen LogP contribution >= 0.6 is 0 Å². The Kier molecular flexibility index (Phi) is 4.18. The van der Waals surface area contributed by atoms with Gasteiger partial charge in [0.15, 0.2) is 15.5 Å². The van der Waals surface area contributed by atoms with Crippen molar-refractivity contribution in [1.82, 2.24) is 4.98 Å². The zero-order valence-electron chi connectivity index (χ0n) is 9.98. The number of esters is 1. The number of aromatic nitrogens is 1. The summed E-state index contributed by atoms with van der Waals surface area (Å²) in [5.41, 5.74) is -1.90. The number of halogens is 3. The van der Waals surface area contributed by atoms with Crippen molar-refractivity contribution < 1.29 is 31.1 Å². The molecule has 0 N–H and O–H groups in total. The van der Waals surface area contributed by atoms with Gasteiger partial charge in [-0.05, 0) is 13.0 Å². The lowest BCUT2D eigenvalue weighted by Gasteiger charge is -2.10. The first-order chi connectivity index (χ1) is 8.57. The minimum Gasteiger partial charge on any atom is -0.461 e. The van der Waals surface area contributed by atoms with E-state index in [1.807, 2.05) is 0 Å². The third-order valence-corrected chi connectivity index (χ3v) is 3.16. The molecule has 0 spiro atoms. The summed E-state index contributed by atoms with van der Waals surface area (Å²) in [5, 5.41) is 0. The Morgan fingerprint density at radius 3 is 2.42 bits per heavy atom. The molecule has 5 nitrogen and oxygen atoms in total. The number of hydrogen-bond donors (Lipinski definition) is 0. The van der Waals surface area contributed by atoms with Gasteiger partial charge in [-0.2, -0.15) is 13.2 Å². The molecule has 0 aliphatic heterocycles. The molecule has 0 unspecified atom stereocenters. The molecule has 19 heavy (non-hydrogen) atoms. The van der Waals surface area contributed by atoms with Crippen molar-refractivity contribution >= 4 is 15.8 Å². The molecular formula is C10H10F3NO4S. The molecule has 0 radical (unpaired) electrons. The molecule has 0 aliphatic rings. The summed E-state index contributed by atoms with van der Waals surface area (Å²) >= 11 is 0. The average molecular weight is 297 g/mol. The summed E-state index contributed by atoms with van der Waals surface area (Å²) in [6.45, 7) is 1.42. The molecule has 0 saturated heterocycles. The van der Waals surface area contributed by atoms with E-state index in [2.05, 4.69) is 9.72 Å². The quantitative estimate of drug-likeness (QED) is 0.794. The van der Waals surface area contributed by atoms with Crippen LogP contribution in [0.3, 0.4) is 0 Å². The number of carbonyl (C=O) groups excluding carboxylic acids is 1. The number of alkyl halides is 3. The third kappa shape index (κ3) is 3.66. The minimum absolute atomic E-state index is 0.0509. The number of pyridine rings is 1. The highest BCUT2D eigenvalue weighted by Gasteiger charge is 2.34. The average Bonchev–Trinajstić information content (AvgIpc) is 2.26. The van der Waals surface area contributed by atoms with Crippen molar-refractivity contribution in [3.05, 3.63) is 23.5 Å². The van der Waals surface area contributed by atoms with Gasteiger partial charge in [0.25, 0.3) is 0 Å². The van der Waals surface area contributed by atoms with Crippen LogP contribution in [0.5, 0.6) is 0 Å². The predicted octanol–water partition coefficient (Wildman–Crippen LogP) is 1.68. The molecular weight excluding hydrogens is 287 g/mol. The topological polar surface area (TPSA) is 73.3 Å². The first-order valence-electron chi connectivity index (χ1n) is 5.01. The molecule has 1 aromatic heterocycles. The van der Waals surface area contributed by atoms with Gasteiger partial charge in [0.05, 0.1) is 12.2 Å². The van der Waals surface area contributed by atoms with E-state index < -0.39 is 38.1 Å². The summed E-state index contributed by atoms with van der Waals surface area (Å²) in [6.07, 6.45) is -3.67. The van der Waals surface area contributed by atoms with Crippen molar-refractivity contribution in [1.29, 1.82) is 0 Å². The number of sulfone groups is 1. The first kappa shape index (κ1) is 15.4. The zero-order chi connectivity index (χ0) is 14.8. The molecule has 0 atom stereocenters. The van der Waals surface area contributed by atoms with E-state index in [1.54, 1.807) is 0 Å². The van der Waals surface area contributed by atoms with E-state index in [1.165, 1.54) is 6.92 Å². The van der Waals surface area contributed by atoms with Crippen LogP contribution in [-0.4, -0.2) is 32.2 Å². The van der Waals surface area contributed by atoms with Crippen LogP contribution in [0.1, 0.15) is 23.0 Å². The van der Waals surface area contributed by atoms with Gasteiger partial charge < -0.3 is 4.74 Å². The van der Waals surface area contributed by atoms with E-state index in [0.717, 1.165) is 0 Å². The van der Waals surface area contributed by atoms with E-state index in [0.29, 0.717) is 18.5 Å². The molecule has 0 bridgehead atoms. The van der Waals surface area contributed by atoms with Crippen LogP contribution in [0.15, 0.2) is 17.2 Å². The Balaban J connectivity index is 3.47. The van der Waals surface area contributed by atoms with E-state index in [-0.39, 0.29) is 6.61 Å². The fourth-order valence-corrected chi connectivity index (χ4v) is 2.06. The van der Waals surface area contributed by atoms with Crippen molar-refractivity contribution in [3.63, 3.8) is 0 Å². The van der Waals surface area contributed by atoms with Crippen LogP contribution in [0, 0.1) is 0 Å². The van der Waals surface area contributed by atoms with Crippen molar-refractivity contribution in [2.45, 2.75) is 18.0 Å². The lowest BCUT2D eigenvalue weighted by Crippen LogP contribution is -2.16. The monoisotopic (exact) mass is 297 g/mol. The summed E-state index contributed by atoms with van der Waals surface area (Å²) in [7, 11) is -4.04. The van der Waals surface area contributed by atoms with Gasteiger partial charge in [-0.15, -0.1) is 0 Å². The molecule has 1 aromatic rings. The largest absolute Gasteiger partial charge is 0.461 e. The normalized spacial score (nSPS) is 12.3. The molecule has 106 valence electrons. The first-order valence-corrected chi connectivity index (χ1v) is 6.91. The van der Waals surface area contributed by atoms with Gasteiger partial charge in [-0.25, -0.2) is 18.2 Å². The molecule has 0 aromatic carbocycles. The summed E-state index contributed by atoms with van der Waals surface area (Å²) < 4.78 is 64.9. The molecule has 0 aliphatic carbocycles. The van der Waals surface area contributed by atoms with E-state index in [9.17, 15) is 26.4 Å². The standard InChI is InChI=1S/C10H10F3NO4S/c1-3-18-9(15)8-7(19(2,16)17)4-6(5-14-8)10(11,12)13/h4-5H,3H2,1-2H3. The summed E-state index contributed by atoms with van der Waals surface area (Å²) in [4.78, 5) is 13.9. The molecule has 1 heterocycles. The van der Waals surface area contributed by atoms with Crippen molar-refractivity contribution in [2.24, 2.45) is 0 Å². The van der Waals surface area contributed by atoms with Gasteiger partial charge in [0.2, 0.25) is 0 Å². The number of hydrogen-bond acceptors (Lipinski definition) is 5. The summed E-state index contributed by atoms with van der Waals surface area (Å²) in [6, 6.07) is 0.370. The number of ether oxygens (including phenoxy) is 1. The summed E-state index contributed by atoms with van der Waals surface area (Å²) in [5.74, 6) is -1.09. The van der Waals surface area contributed by atoms with Gasteiger partial charge in [-0.3, -0.25) is 0 Å². The van der Waals surface area contributed by atoms with Gasteiger partial charge in [0.1, 0.15) is 4.90 Å². The second-order valence-electron chi connectivity index (χ2n) is 3.56. The maximum absolute atomic E-state index is 12.5. The van der Waals surface area contributed by atoms with Crippen LogP contribution < -0.4 is 0 Å². The SMILES string of the molecule is CCOC(=O)c1ncc(C(F)(F)F)cc1S(C)(=O)=O. The van der Waals surface area contributed by atoms with Crippen molar-refractivity contribution in [3.8, 4) is 0 Å². The Morgan fingerprint density at radius 1 is 1.42 bits per heavy atom. The van der Waals surface area contributed by atoms with Gasteiger partial charge in [0, 0.05) is 12.5 Å². The molecule has 0 amide bonds. The van der Waals surface area contributed by atoms with Crippen LogP contribution in [-0.2, 0) is 20.8 Å². The lowest BCUT2D eigenvalue weighted by molar-refractivity contribution is -0.138. The number of carbonyl (C=O) groups is 1. The number of nitrogens with zero attached hydrogens (tertiary/aromatic N) is 1. The molecule has 9 heteroatoms. The maximum Gasteiger partial charge on any atom is 0.417 e. The fraction of sp³-hybridized carbons (Fsp3) is 0.400. The Labute approximate surface area is 107 Å². The van der Waals surface area contributed by atoms with Crippen LogP contribution in [0.2, 0.25) is 0 Å². The second-order valence-corrected chi connectivity index (χ2v) is 5.55. The smallest absolute Gasteiger partial charge is 0.417 e. The number of rotatable bonds is 3. The van der Waals surface area contributed by atoms with E-state index in [4.69, 9.17) is 0 Å². The highest BCUT2D eigenvalue weighted by atomic mass is 32.2. The van der Waals surface area contributed by atoms with Crippen LogP contribution in [0.4, 0.5) is 13.2 Å². The Hall–Kier alpha value is -1.64. The maximum atomic E-state index is 12.5. The fourth-order valence-electron chi connectivity index (χ4n) is 1.23. The van der Waals surface area contributed by atoms with Crippen LogP contribution in [0.25, 0.3) is 0 Å². The minimum atomic E-state index is -4.75. The highest BCUT2D eigenvalue weighted by molar-refractivity contribution is 7.90. The predicted molar refractivity (Wildman–Crippen MR) is 58.3 cm³/mol. The molecule has 0 saturated carbocycles. The van der Waals surface area contributed by atoms with Gasteiger partial charge >= 0.3 is 12.1 Å². The van der Waals surface area contributed by atoms with Crippen molar-refractivity contribution in [2.75, 3.05) is 12.9 Å². The molecule has 0 fully saturated rings.